The first-order valence-corrected chi connectivity index (χ1v) is 4.20. The summed E-state index contributed by atoms with van der Waals surface area (Å²) in [4.78, 5) is 11.0. The summed E-state index contributed by atoms with van der Waals surface area (Å²) in [5.41, 5.74) is -0.362. The second kappa shape index (κ2) is 2.66. The Kier molecular flexibility index (Phi) is 2.04. The summed E-state index contributed by atoms with van der Waals surface area (Å²) >= 11 is 1.74. The number of carbonyl (C=O) groups excluding carboxylic acids is 1. The molecule has 1 aliphatic rings. The van der Waals surface area contributed by atoms with Crippen molar-refractivity contribution >= 4 is 17.7 Å². The van der Waals surface area contributed by atoms with Crippen LogP contribution in [0.15, 0.2) is 12.7 Å². The second-order valence-corrected chi connectivity index (χ2v) is 3.33. The lowest BCUT2D eigenvalue weighted by Crippen LogP contribution is -2.42. The maximum absolute atomic E-state index is 11.0. The molecule has 2 nitrogen and oxygen atoms in total. The maximum atomic E-state index is 11.0. The van der Waals surface area contributed by atoms with Crippen molar-refractivity contribution in [2.45, 2.75) is 0 Å². The summed E-state index contributed by atoms with van der Waals surface area (Å²) < 4.78 is 4.62. The fraction of sp³-hybridized carbons (Fsp3) is 0.571. The molecule has 1 fully saturated rings. The molecule has 0 aromatic rings. The number of hydrogen-bond donors (Lipinski definition) is 0. The monoisotopic (exact) mass is 158 g/mol. The molecule has 0 saturated carbocycles. The zero-order chi connectivity index (χ0) is 7.61. The zero-order valence-corrected chi connectivity index (χ0v) is 6.74. The highest BCUT2D eigenvalue weighted by Gasteiger charge is 2.43. The zero-order valence-electron chi connectivity index (χ0n) is 5.92. The molecule has 3 heteroatoms. The molecule has 0 atom stereocenters. The molecule has 0 unspecified atom stereocenters. The van der Waals surface area contributed by atoms with Crippen LogP contribution < -0.4 is 0 Å². The average molecular weight is 158 g/mol. The van der Waals surface area contributed by atoms with Gasteiger partial charge >= 0.3 is 5.97 Å². The minimum atomic E-state index is -0.362. The quantitative estimate of drug-likeness (QED) is 0.444. The van der Waals surface area contributed by atoms with Crippen molar-refractivity contribution < 1.29 is 9.53 Å². The summed E-state index contributed by atoms with van der Waals surface area (Å²) in [5, 5.41) is 0. The summed E-state index contributed by atoms with van der Waals surface area (Å²) in [7, 11) is 1.41. The molecule has 0 N–H and O–H groups in total. The molecule has 0 aromatic carbocycles. The van der Waals surface area contributed by atoms with Crippen molar-refractivity contribution in [3.8, 4) is 0 Å². The highest BCUT2D eigenvalue weighted by atomic mass is 32.2. The van der Waals surface area contributed by atoms with Crippen LogP contribution in [-0.4, -0.2) is 24.6 Å². The molecule has 0 aliphatic carbocycles. The van der Waals surface area contributed by atoms with Crippen LogP contribution in [0.25, 0.3) is 0 Å². The van der Waals surface area contributed by atoms with Crippen molar-refractivity contribution in [1.82, 2.24) is 0 Å². The van der Waals surface area contributed by atoms with Gasteiger partial charge in [-0.05, 0) is 0 Å². The lowest BCUT2D eigenvalue weighted by atomic mass is 9.92. The molecule has 0 spiro atoms. The number of rotatable bonds is 2. The van der Waals surface area contributed by atoms with Gasteiger partial charge in [-0.2, -0.15) is 11.8 Å². The van der Waals surface area contributed by atoms with E-state index in [4.69, 9.17) is 0 Å². The van der Waals surface area contributed by atoms with Gasteiger partial charge in [0.25, 0.3) is 0 Å². The Hall–Kier alpha value is -0.440. The molecule has 1 saturated heterocycles. The van der Waals surface area contributed by atoms with Gasteiger partial charge in [-0.1, -0.05) is 6.08 Å². The molecule has 1 aliphatic heterocycles. The third-order valence-electron chi connectivity index (χ3n) is 1.70. The Morgan fingerprint density at radius 1 is 1.80 bits per heavy atom. The topological polar surface area (TPSA) is 26.3 Å². The van der Waals surface area contributed by atoms with E-state index in [1.54, 1.807) is 17.8 Å². The van der Waals surface area contributed by atoms with E-state index in [2.05, 4.69) is 11.3 Å². The van der Waals surface area contributed by atoms with Crippen LogP contribution in [0.4, 0.5) is 0 Å². The number of ether oxygens (including phenoxy) is 1. The molecule has 0 amide bonds. The van der Waals surface area contributed by atoms with Gasteiger partial charge in [0.15, 0.2) is 0 Å². The molecular formula is C7H10O2S. The van der Waals surface area contributed by atoms with Crippen molar-refractivity contribution in [2.24, 2.45) is 5.41 Å². The van der Waals surface area contributed by atoms with E-state index in [9.17, 15) is 4.79 Å². The van der Waals surface area contributed by atoms with E-state index in [1.165, 1.54) is 7.11 Å². The molecule has 10 heavy (non-hydrogen) atoms. The van der Waals surface area contributed by atoms with Gasteiger partial charge in [0.1, 0.15) is 5.41 Å². The standard InChI is InChI=1S/C7H10O2S/c1-3-7(4-10-5-7)6(8)9-2/h3H,1,4-5H2,2H3. The smallest absolute Gasteiger partial charge is 0.317 e. The van der Waals surface area contributed by atoms with Gasteiger partial charge in [0, 0.05) is 11.5 Å². The van der Waals surface area contributed by atoms with Crippen molar-refractivity contribution in [3.05, 3.63) is 12.7 Å². The normalized spacial score (nSPS) is 20.9. The second-order valence-electron chi connectivity index (χ2n) is 2.34. The van der Waals surface area contributed by atoms with Crippen molar-refractivity contribution in [1.29, 1.82) is 0 Å². The van der Waals surface area contributed by atoms with E-state index in [0.29, 0.717) is 0 Å². The van der Waals surface area contributed by atoms with Gasteiger partial charge < -0.3 is 4.74 Å². The first-order valence-electron chi connectivity index (χ1n) is 3.05. The van der Waals surface area contributed by atoms with E-state index in [-0.39, 0.29) is 11.4 Å². The van der Waals surface area contributed by atoms with Crippen LogP contribution in [0.2, 0.25) is 0 Å². The van der Waals surface area contributed by atoms with Crippen LogP contribution >= 0.6 is 11.8 Å². The number of esters is 1. The molecule has 1 heterocycles. The van der Waals surface area contributed by atoms with E-state index < -0.39 is 0 Å². The molecule has 0 bridgehead atoms. The van der Waals surface area contributed by atoms with Crippen molar-refractivity contribution in [2.75, 3.05) is 18.6 Å². The summed E-state index contributed by atoms with van der Waals surface area (Å²) in [6, 6.07) is 0. The van der Waals surface area contributed by atoms with Gasteiger partial charge in [0.2, 0.25) is 0 Å². The Morgan fingerprint density at radius 2 is 2.40 bits per heavy atom. The van der Waals surface area contributed by atoms with Gasteiger partial charge in [-0.15, -0.1) is 6.58 Å². The molecule has 0 radical (unpaired) electrons. The fourth-order valence-corrected chi connectivity index (χ4v) is 1.96. The third-order valence-corrected chi connectivity index (χ3v) is 3.14. The Bertz CT molecular complexity index is 161. The predicted octanol–water partition coefficient (Wildman–Crippen LogP) is 1.08. The summed E-state index contributed by atoms with van der Waals surface area (Å²) in [6.07, 6.45) is 1.69. The Morgan fingerprint density at radius 3 is 2.50 bits per heavy atom. The first-order chi connectivity index (χ1) is 4.75. The maximum Gasteiger partial charge on any atom is 0.317 e. The molecule has 0 aromatic heterocycles. The Balaban J connectivity index is 2.64. The lowest BCUT2D eigenvalue weighted by molar-refractivity contribution is -0.148. The number of hydrogen-bond acceptors (Lipinski definition) is 3. The summed E-state index contributed by atoms with van der Waals surface area (Å²) in [6.45, 7) is 3.61. The van der Waals surface area contributed by atoms with E-state index in [1.807, 2.05) is 0 Å². The highest BCUT2D eigenvalue weighted by Crippen LogP contribution is 2.39. The fourth-order valence-electron chi connectivity index (χ4n) is 0.844. The third kappa shape index (κ3) is 0.944. The van der Waals surface area contributed by atoms with Crippen LogP contribution in [0.5, 0.6) is 0 Å². The number of thioether (sulfide) groups is 1. The number of methoxy groups -OCH3 is 1. The van der Waals surface area contributed by atoms with Gasteiger partial charge in [-0.3, -0.25) is 4.79 Å². The van der Waals surface area contributed by atoms with Gasteiger partial charge in [0.05, 0.1) is 7.11 Å². The highest BCUT2D eigenvalue weighted by molar-refractivity contribution is 8.00. The number of carbonyl (C=O) groups is 1. The molecule has 1 rings (SSSR count). The van der Waals surface area contributed by atoms with Crippen LogP contribution in [-0.2, 0) is 9.53 Å². The summed E-state index contributed by atoms with van der Waals surface area (Å²) in [5.74, 6) is 1.49. The SMILES string of the molecule is C=CC1(C(=O)OC)CSC1. The van der Waals surface area contributed by atoms with E-state index in [0.717, 1.165) is 11.5 Å². The average Bonchev–Trinajstić information content (AvgIpc) is 1.86. The van der Waals surface area contributed by atoms with E-state index >= 15 is 0 Å². The van der Waals surface area contributed by atoms with Crippen LogP contribution in [0, 0.1) is 5.41 Å². The molecular weight excluding hydrogens is 148 g/mol. The Labute approximate surface area is 64.6 Å². The van der Waals surface area contributed by atoms with Crippen LogP contribution in [0.1, 0.15) is 0 Å². The van der Waals surface area contributed by atoms with Crippen LogP contribution in [0.3, 0.4) is 0 Å². The minimum Gasteiger partial charge on any atom is -0.468 e. The largest absolute Gasteiger partial charge is 0.468 e. The minimum absolute atomic E-state index is 0.152. The lowest BCUT2D eigenvalue weighted by Gasteiger charge is -2.34. The first kappa shape index (κ1) is 7.66. The predicted molar refractivity (Wildman–Crippen MR) is 42.0 cm³/mol. The van der Waals surface area contributed by atoms with Crippen molar-refractivity contribution in [3.63, 3.8) is 0 Å². The van der Waals surface area contributed by atoms with Gasteiger partial charge in [-0.25, -0.2) is 0 Å². The molecule has 56 valence electrons.